The van der Waals surface area contributed by atoms with Gasteiger partial charge in [0.15, 0.2) is 9.84 Å². The van der Waals surface area contributed by atoms with Crippen LogP contribution in [0.25, 0.3) is 0 Å². The molecule has 0 aliphatic carbocycles. The molecule has 3 rings (SSSR count). The van der Waals surface area contributed by atoms with Crippen molar-refractivity contribution in [1.82, 2.24) is 15.6 Å². The number of carbonyl (C=O) groups is 1. The van der Waals surface area contributed by atoms with E-state index in [9.17, 15) is 18.0 Å². The van der Waals surface area contributed by atoms with E-state index in [0.29, 0.717) is 12.8 Å². The van der Waals surface area contributed by atoms with Gasteiger partial charge in [0.25, 0.3) is 5.56 Å². The molecule has 0 saturated carbocycles. The summed E-state index contributed by atoms with van der Waals surface area (Å²) >= 11 is 0. The second kappa shape index (κ2) is 7.64. The van der Waals surface area contributed by atoms with Gasteiger partial charge in [0.1, 0.15) is 0 Å². The minimum absolute atomic E-state index is 0.0958. The van der Waals surface area contributed by atoms with Crippen molar-refractivity contribution in [3.05, 3.63) is 58.5 Å². The Morgan fingerprint density at radius 3 is 2.17 bits per heavy atom. The number of H-pyrrole nitrogens is 1. The number of hydrogen-bond donors (Lipinski definition) is 2. The summed E-state index contributed by atoms with van der Waals surface area (Å²) in [5.41, 5.74) is 3.84. The first-order valence-corrected chi connectivity index (χ1v) is 8.91. The Balaban J connectivity index is 0.000000249. The van der Waals surface area contributed by atoms with Gasteiger partial charge in [0.2, 0.25) is 5.91 Å². The number of amides is 1. The van der Waals surface area contributed by atoms with E-state index in [1.807, 2.05) is 0 Å². The molecule has 2 N–H and O–H groups in total. The van der Waals surface area contributed by atoms with Crippen LogP contribution in [0.4, 0.5) is 0 Å². The first-order valence-electron chi connectivity index (χ1n) is 7.02. The van der Waals surface area contributed by atoms with Crippen molar-refractivity contribution in [2.24, 2.45) is 5.10 Å². The lowest BCUT2D eigenvalue weighted by molar-refractivity contribution is -0.121. The molecule has 1 amide bonds. The van der Waals surface area contributed by atoms with Crippen molar-refractivity contribution in [3.8, 4) is 0 Å². The summed E-state index contributed by atoms with van der Waals surface area (Å²) in [7, 11) is -3.17. The van der Waals surface area contributed by atoms with Gasteiger partial charge in [-0.2, -0.15) is 10.2 Å². The molecule has 2 heterocycles. The van der Waals surface area contributed by atoms with Crippen LogP contribution >= 0.6 is 0 Å². The fourth-order valence-corrected chi connectivity index (χ4v) is 2.52. The van der Waals surface area contributed by atoms with Gasteiger partial charge in [0, 0.05) is 31.4 Å². The number of benzene rings is 1. The number of aromatic amines is 1. The molecular weight excluding hydrogens is 332 g/mol. The van der Waals surface area contributed by atoms with Crippen molar-refractivity contribution in [1.29, 1.82) is 0 Å². The molecule has 1 aromatic heterocycles. The summed E-state index contributed by atoms with van der Waals surface area (Å²) in [6.07, 6.45) is 3.67. The van der Waals surface area contributed by atoms with Gasteiger partial charge in [-0.3, -0.25) is 9.59 Å². The van der Waals surface area contributed by atoms with Crippen LogP contribution in [0.5, 0.6) is 0 Å². The molecule has 2 aromatic rings. The number of rotatable bonds is 2. The molecule has 0 atom stereocenters. The number of hydrazone groups is 1. The zero-order chi connectivity index (χ0) is 17.6. The molecule has 0 bridgehead atoms. The van der Waals surface area contributed by atoms with Gasteiger partial charge in [-0.15, -0.1) is 0 Å². The maximum Gasteiger partial charge on any atom is 0.264 e. The number of carbonyl (C=O) groups excluding carboxylic acids is 1. The molecule has 0 radical (unpaired) electrons. The fourth-order valence-electron chi connectivity index (χ4n) is 1.89. The van der Waals surface area contributed by atoms with Crippen LogP contribution in [0.2, 0.25) is 0 Å². The van der Waals surface area contributed by atoms with Gasteiger partial charge in [0.05, 0.1) is 10.6 Å². The highest BCUT2D eigenvalue weighted by Gasteiger charge is 2.14. The zero-order valence-electron chi connectivity index (χ0n) is 12.9. The number of nitrogens with zero attached hydrogens (tertiary/aromatic N) is 2. The molecule has 8 nitrogen and oxygen atoms in total. The molecule has 0 spiro atoms. The molecule has 0 fully saturated rings. The normalized spacial score (nSPS) is 14.0. The molecule has 1 aliphatic heterocycles. The van der Waals surface area contributed by atoms with Crippen molar-refractivity contribution in [3.63, 3.8) is 0 Å². The highest BCUT2D eigenvalue weighted by Crippen LogP contribution is 2.14. The molecule has 9 heteroatoms. The van der Waals surface area contributed by atoms with Gasteiger partial charge in [-0.1, -0.05) is 12.1 Å². The Morgan fingerprint density at radius 1 is 1.04 bits per heavy atom. The number of sulfone groups is 1. The number of nitrogens with one attached hydrogen (secondary N) is 2. The Labute approximate surface area is 138 Å². The fraction of sp³-hybridized carbons (Fsp3) is 0.200. The van der Waals surface area contributed by atoms with Gasteiger partial charge >= 0.3 is 0 Å². The summed E-state index contributed by atoms with van der Waals surface area (Å²) in [5, 5.41) is 9.61. The second-order valence-corrected chi connectivity index (χ2v) is 7.02. The maximum absolute atomic E-state index is 11.3. The highest BCUT2D eigenvalue weighted by molar-refractivity contribution is 7.90. The van der Waals surface area contributed by atoms with E-state index < -0.39 is 9.84 Å². The minimum atomic E-state index is -3.17. The smallest absolute Gasteiger partial charge is 0.264 e. The Morgan fingerprint density at radius 2 is 1.75 bits per heavy atom. The van der Waals surface area contributed by atoms with Crippen LogP contribution in [0.3, 0.4) is 0 Å². The van der Waals surface area contributed by atoms with E-state index in [2.05, 4.69) is 20.7 Å². The van der Waals surface area contributed by atoms with Crippen molar-refractivity contribution in [2.75, 3.05) is 6.26 Å². The predicted molar refractivity (Wildman–Crippen MR) is 88.3 cm³/mol. The largest absolute Gasteiger partial charge is 0.273 e. The standard InChI is InChI=1S/C11H12N2O3S.C4H4N2O/c1-17(15,16)9-4-2-8(3-5-9)10-6-7-11(14)13-12-10;7-4-2-1-3-5-6-4/h2-5H,6-7H2,1H3,(H,13,14);1-3H,(H,6,7). The summed E-state index contributed by atoms with van der Waals surface area (Å²) in [5.74, 6) is -0.0958. The average molecular weight is 348 g/mol. The van der Waals surface area contributed by atoms with Gasteiger partial charge < -0.3 is 0 Å². The molecule has 0 unspecified atom stereocenters. The Bertz CT molecular complexity index is 884. The van der Waals surface area contributed by atoms with Crippen molar-refractivity contribution < 1.29 is 13.2 Å². The minimum Gasteiger partial charge on any atom is -0.273 e. The van der Waals surface area contributed by atoms with Crippen LogP contribution in [-0.4, -0.2) is 36.5 Å². The summed E-state index contributed by atoms with van der Waals surface area (Å²) < 4.78 is 22.6. The van der Waals surface area contributed by atoms with Gasteiger partial charge in [-0.25, -0.2) is 18.9 Å². The van der Waals surface area contributed by atoms with E-state index in [1.54, 1.807) is 30.3 Å². The lowest BCUT2D eigenvalue weighted by atomic mass is 10.0. The molecule has 1 aliphatic rings. The third kappa shape index (κ3) is 5.13. The molecule has 1 aromatic carbocycles. The SMILES string of the molecule is CS(=O)(=O)c1ccc(C2=NNC(=O)CC2)cc1.O=c1cccn[nH]1. The number of aromatic nitrogens is 2. The number of hydrogen-bond acceptors (Lipinski definition) is 6. The topological polar surface area (TPSA) is 121 Å². The molecule has 126 valence electrons. The van der Waals surface area contributed by atoms with Gasteiger partial charge in [-0.05, 0) is 23.8 Å². The van der Waals surface area contributed by atoms with E-state index >= 15 is 0 Å². The van der Waals surface area contributed by atoms with Crippen LogP contribution in [-0.2, 0) is 14.6 Å². The summed E-state index contributed by atoms with van der Waals surface area (Å²) in [6.45, 7) is 0. The molecule has 24 heavy (non-hydrogen) atoms. The zero-order valence-corrected chi connectivity index (χ0v) is 13.7. The summed E-state index contributed by atoms with van der Waals surface area (Å²) in [4.78, 5) is 21.4. The molecule has 0 saturated heterocycles. The first kappa shape index (κ1) is 17.5. The molecular formula is C15H16N4O4S. The van der Waals surface area contributed by atoms with Crippen LogP contribution < -0.4 is 11.0 Å². The Hall–Kier alpha value is -2.81. The van der Waals surface area contributed by atoms with Crippen molar-refractivity contribution in [2.45, 2.75) is 17.7 Å². The third-order valence-corrected chi connectivity index (χ3v) is 4.23. The predicted octanol–water partition coefficient (Wildman–Crippen LogP) is 0.474. The lowest BCUT2D eigenvalue weighted by Crippen LogP contribution is -2.25. The monoisotopic (exact) mass is 348 g/mol. The van der Waals surface area contributed by atoms with E-state index in [0.717, 1.165) is 11.3 Å². The highest BCUT2D eigenvalue weighted by atomic mass is 32.2. The third-order valence-electron chi connectivity index (χ3n) is 3.10. The Kier molecular flexibility index (Phi) is 5.59. The van der Waals surface area contributed by atoms with Crippen LogP contribution in [0.1, 0.15) is 18.4 Å². The van der Waals surface area contributed by atoms with Crippen molar-refractivity contribution >= 4 is 21.5 Å². The average Bonchev–Trinajstić information content (AvgIpc) is 2.56. The summed E-state index contributed by atoms with van der Waals surface area (Å²) in [6, 6.07) is 9.48. The maximum atomic E-state index is 11.3. The first-order chi connectivity index (χ1) is 11.4. The van der Waals surface area contributed by atoms with Crippen LogP contribution in [0, 0.1) is 0 Å². The van der Waals surface area contributed by atoms with E-state index in [-0.39, 0.29) is 16.4 Å². The second-order valence-electron chi connectivity index (χ2n) is 5.00. The lowest BCUT2D eigenvalue weighted by Gasteiger charge is -2.12. The van der Waals surface area contributed by atoms with Crippen LogP contribution in [0.15, 0.2) is 57.4 Å². The van der Waals surface area contributed by atoms with E-state index in [1.165, 1.54) is 18.5 Å². The van der Waals surface area contributed by atoms with E-state index in [4.69, 9.17) is 0 Å². The quantitative estimate of drug-likeness (QED) is 0.817.